The van der Waals surface area contributed by atoms with E-state index in [1.807, 2.05) is 6.92 Å². The molecule has 0 aromatic carbocycles. The SMILES string of the molecule is CCO[SiH2]C. The zero-order valence-corrected chi connectivity index (χ0v) is 5.24. The van der Waals surface area contributed by atoms with Crippen LogP contribution in [0.5, 0.6) is 0 Å². The Morgan fingerprint density at radius 1 is 1.80 bits per heavy atom. The molecule has 0 aromatic heterocycles. The molecule has 0 amide bonds. The van der Waals surface area contributed by atoms with Gasteiger partial charge in [0.15, 0.2) is 9.76 Å². The van der Waals surface area contributed by atoms with Crippen molar-refractivity contribution in [1.82, 2.24) is 0 Å². The van der Waals surface area contributed by atoms with Crippen molar-refractivity contribution in [1.29, 1.82) is 0 Å². The maximum Gasteiger partial charge on any atom is 0.158 e. The van der Waals surface area contributed by atoms with E-state index >= 15 is 0 Å². The van der Waals surface area contributed by atoms with Gasteiger partial charge >= 0.3 is 0 Å². The molecule has 0 aliphatic carbocycles. The molecule has 0 unspecified atom stereocenters. The van der Waals surface area contributed by atoms with Crippen molar-refractivity contribution in [2.24, 2.45) is 0 Å². The maximum atomic E-state index is 4.97. The van der Waals surface area contributed by atoms with E-state index in [0.29, 0.717) is 0 Å². The van der Waals surface area contributed by atoms with Crippen molar-refractivity contribution in [3.05, 3.63) is 0 Å². The molecule has 0 atom stereocenters. The molecule has 0 bridgehead atoms. The number of hydrogen-bond donors (Lipinski definition) is 0. The minimum Gasteiger partial charge on any atom is -0.425 e. The lowest BCUT2D eigenvalue weighted by Gasteiger charge is -1.86. The van der Waals surface area contributed by atoms with Gasteiger partial charge in [-0.2, -0.15) is 0 Å². The molecule has 0 spiro atoms. The first kappa shape index (κ1) is 5.18. The molecule has 0 rings (SSSR count). The lowest BCUT2D eigenvalue weighted by atomic mass is 10.9. The van der Waals surface area contributed by atoms with Crippen LogP contribution in [0.4, 0.5) is 0 Å². The fraction of sp³-hybridized carbons (Fsp3) is 1.00. The molecule has 2 heteroatoms. The predicted octanol–water partition coefficient (Wildman–Crippen LogP) is 0.155. The zero-order valence-electron chi connectivity index (χ0n) is 3.82. The highest BCUT2D eigenvalue weighted by Crippen LogP contribution is 1.61. The second kappa shape index (κ2) is 4.18. The first-order valence-corrected chi connectivity index (χ1v) is 3.98. The van der Waals surface area contributed by atoms with Crippen molar-refractivity contribution in [3.8, 4) is 0 Å². The van der Waals surface area contributed by atoms with Crippen LogP contribution in [-0.4, -0.2) is 16.4 Å². The largest absolute Gasteiger partial charge is 0.425 e. The van der Waals surface area contributed by atoms with E-state index in [1.165, 1.54) is 0 Å². The van der Waals surface area contributed by atoms with Gasteiger partial charge in [0, 0.05) is 6.61 Å². The smallest absolute Gasteiger partial charge is 0.158 e. The molecule has 0 radical (unpaired) electrons. The van der Waals surface area contributed by atoms with Gasteiger partial charge in [-0.25, -0.2) is 0 Å². The summed E-state index contributed by atoms with van der Waals surface area (Å²) in [6.07, 6.45) is 0. The third-order valence-corrected chi connectivity index (χ3v) is 1.22. The van der Waals surface area contributed by atoms with Gasteiger partial charge in [0.2, 0.25) is 0 Å². The van der Waals surface area contributed by atoms with Gasteiger partial charge in [-0.3, -0.25) is 0 Å². The summed E-state index contributed by atoms with van der Waals surface area (Å²) in [5.41, 5.74) is 0. The Labute approximate surface area is 35.3 Å². The first-order valence-electron chi connectivity index (χ1n) is 1.99. The van der Waals surface area contributed by atoms with Gasteiger partial charge in [0.25, 0.3) is 0 Å². The summed E-state index contributed by atoms with van der Waals surface area (Å²) in [6.45, 7) is 5.06. The summed E-state index contributed by atoms with van der Waals surface area (Å²) in [7, 11) is -0.0860. The summed E-state index contributed by atoms with van der Waals surface area (Å²) in [5, 5.41) is 0. The van der Waals surface area contributed by atoms with E-state index in [2.05, 4.69) is 6.55 Å². The lowest BCUT2D eigenvalue weighted by Crippen LogP contribution is -1.88. The van der Waals surface area contributed by atoms with Gasteiger partial charge in [0.05, 0.1) is 0 Å². The van der Waals surface area contributed by atoms with E-state index < -0.39 is 0 Å². The molecular weight excluding hydrogens is 80.1 g/mol. The normalized spacial score (nSPS) is 10.8. The van der Waals surface area contributed by atoms with Crippen molar-refractivity contribution < 1.29 is 4.43 Å². The average molecular weight is 90.2 g/mol. The zero-order chi connectivity index (χ0) is 4.12. The predicted molar refractivity (Wildman–Crippen MR) is 26.0 cm³/mol. The van der Waals surface area contributed by atoms with Gasteiger partial charge in [-0.1, -0.05) is 6.55 Å². The molecule has 32 valence electrons. The molecular formula is C3H10OSi. The minimum atomic E-state index is -0.0860. The third-order valence-electron chi connectivity index (χ3n) is 0.408. The van der Waals surface area contributed by atoms with Crippen LogP contribution in [0.3, 0.4) is 0 Å². The van der Waals surface area contributed by atoms with Crippen LogP contribution < -0.4 is 0 Å². The van der Waals surface area contributed by atoms with Gasteiger partial charge in [0.1, 0.15) is 0 Å². The second-order valence-electron chi connectivity index (χ2n) is 0.781. The number of hydrogen-bond acceptors (Lipinski definition) is 1. The highest BCUT2D eigenvalue weighted by atomic mass is 28.2. The van der Waals surface area contributed by atoms with Gasteiger partial charge in [-0.15, -0.1) is 0 Å². The quantitative estimate of drug-likeness (QED) is 0.439. The van der Waals surface area contributed by atoms with Crippen LogP contribution in [0, 0.1) is 0 Å². The highest BCUT2D eigenvalue weighted by molar-refractivity contribution is 6.24. The molecule has 5 heavy (non-hydrogen) atoms. The summed E-state index contributed by atoms with van der Waals surface area (Å²) >= 11 is 0. The summed E-state index contributed by atoms with van der Waals surface area (Å²) < 4.78 is 4.97. The minimum absolute atomic E-state index is 0.0860. The fourth-order valence-electron chi connectivity index (χ4n) is 0.204. The van der Waals surface area contributed by atoms with Crippen molar-refractivity contribution in [2.45, 2.75) is 13.5 Å². The Balaban J connectivity index is 2.19. The van der Waals surface area contributed by atoms with Crippen molar-refractivity contribution in [2.75, 3.05) is 6.61 Å². The molecule has 0 saturated carbocycles. The maximum absolute atomic E-state index is 4.97. The molecule has 0 aliphatic rings. The Kier molecular flexibility index (Phi) is 4.32. The van der Waals surface area contributed by atoms with E-state index in [0.717, 1.165) is 6.61 Å². The van der Waals surface area contributed by atoms with Crippen LogP contribution in [0.25, 0.3) is 0 Å². The van der Waals surface area contributed by atoms with Crippen LogP contribution in [0.2, 0.25) is 6.55 Å². The van der Waals surface area contributed by atoms with Crippen LogP contribution in [-0.2, 0) is 4.43 Å². The Morgan fingerprint density at radius 3 is 2.40 bits per heavy atom. The van der Waals surface area contributed by atoms with Crippen LogP contribution in [0.1, 0.15) is 6.92 Å². The molecule has 0 saturated heterocycles. The van der Waals surface area contributed by atoms with Crippen LogP contribution >= 0.6 is 0 Å². The molecule has 0 heterocycles. The van der Waals surface area contributed by atoms with E-state index in [-0.39, 0.29) is 9.76 Å². The van der Waals surface area contributed by atoms with E-state index in [4.69, 9.17) is 4.43 Å². The second-order valence-corrected chi connectivity index (χ2v) is 1.77. The molecule has 1 nitrogen and oxygen atoms in total. The van der Waals surface area contributed by atoms with E-state index in [1.54, 1.807) is 0 Å². The van der Waals surface area contributed by atoms with Crippen molar-refractivity contribution in [3.63, 3.8) is 0 Å². The molecule has 0 aromatic rings. The van der Waals surface area contributed by atoms with Crippen LogP contribution in [0.15, 0.2) is 0 Å². The monoisotopic (exact) mass is 90.1 g/mol. The summed E-state index contributed by atoms with van der Waals surface area (Å²) in [4.78, 5) is 0. The lowest BCUT2D eigenvalue weighted by molar-refractivity contribution is 0.364. The Bertz CT molecular complexity index is 14.4. The van der Waals surface area contributed by atoms with Crippen molar-refractivity contribution >= 4 is 9.76 Å². The van der Waals surface area contributed by atoms with Gasteiger partial charge < -0.3 is 4.43 Å². The average Bonchev–Trinajstić information content (AvgIpc) is 1.41. The Morgan fingerprint density at radius 2 is 2.40 bits per heavy atom. The third kappa shape index (κ3) is 4.18. The van der Waals surface area contributed by atoms with E-state index in [9.17, 15) is 0 Å². The molecule has 0 aliphatic heterocycles. The Hall–Kier alpha value is 0.177. The summed E-state index contributed by atoms with van der Waals surface area (Å²) in [6, 6.07) is 0. The summed E-state index contributed by atoms with van der Waals surface area (Å²) in [5.74, 6) is 0. The molecule has 0 N–H and O–H groups in total. The molecule has 0 fully saturated rings. The number of rotatable bonds is 2. The van der Waals surface area contributed by atoms with Gasteiger partial charge in [-0.05, 0) is 6.92 Å². The highest BCUT2D eigenvalue weighted by Gasteiger charge is 1.65. The topological polar surface area (TPSA) is 9.23 Å². The fourth-order valence-corrected chi connectivity index (χ4v) is 0.612. The standard InChI is InChI=1S/C3H10OSi/c1-3-4-5-2/h3,5H2,1-2H3. The first-order chi connectivity index (χ1) is 2.41.